The zero-order valence-corrected chi connectivity index (χ0v) is 15.6. The number of pyridine rings is 1. The molecule has 0 bridgehead atoms. The van der Waals surface area contributed by atoms with Crippen molar-refractivity contribution in [2.75, 3.05) is 42.9 Å². The summed E-state index contributed by atoms with van der Waals surface area (Å²) in [5.41, 5.74) is 3.45. The number of carbonyl (C=O) groups is 1. The highest BCUT2D eigenvalue weighted by atomic mass is 16.1. The van der Waals surface area contributed by atoms with Gasteiger partial charge in [0, 0.05) is 49.1 Å². The van der Waals surface area contributed by atoms with E-state index >= 15 is 0 Å². The normalized spacial score (nSPS) is 15.1. The van der Waals surface area contributed by atoms with Crippen molar-refractivity contribution in [1.82, 2.24) is 9.88 Å². The van der Waals surface area contributed by atoms with Gasteiger partial charge in [-0.1, -0.05) is 25.1 Å². The van der Waals surface area contributed by atoms with Crippen molar-refractivity contribution in [3.63, 3.8) is 0 Å². The summed E-state index contributed by atoms with van der Waals surface area (Å²) in [7, 11) is 0. The number of para-hydroxylation sites is 1. The molecule has 1 saturated heterocycles. The minimum absolute atomic E-state index is 0.141. The second kappa shape index (κ2) is 7.76. The molecule has 0 unspecified atom stereocenters. The number of carbonyl (C=O) groups excluding carboxylic acids is 1. The summed E-state index contributed by atoms with van der Waals surface area (Å²) in [5.74, 6) is -0.141. The first-order valence-electron chi connectivity index (χ1n) is 9.46. The number of aromatic nitrogens is 1. The third-order valence-corrected chi connectivity index (χ3v) is 5.16. The summed E-state index contributed by atoms with van der Waals surface area (Å²) in [6, 6.07) is 17.8. The van der Waals surface area contributed by atoms with Crippen molar-refractivity contribution in [3.05, 3.63) is 66.4 Å². The van der Waals surface area contributed by atoms with Gasteiger partial charge >= 0.3 is 0 Å². The number of amides is 1. The fraction of sp³-hybridized carbons (Fsp3) is 0.273. The number of nitrogens with one attached hydrogen (secondary N) is 1. The molecule has 3 aromatic rings. The van der Waals surface area contributed by atoms with Crippen molar-refractivity contribution >= 4 is 28.2 Å². The van der Waals surface area contributed by atoms with Gasteiger partial charge in [0.1, 0.15) is 0 Å². The number of piperazine rings is 1. The Labute approximate surface area is 159 Å². The summed E-state index contributed by atoms with van der Waals surface area (Å²) in [6.07, 6.45) is 1.62. The summed E-state index contributed by atoms with van der Waals surface area (Å²) >= 11 is 0. The quantitative estimate of drug-likeness (QED) is 0.772. The molecule has 1 amide bonds. The maximum absolute atomic E-state index is 12.5. The average Bonchev–Trinajstić information content (AvgIpc) is 2.74. The smallest absolute Gasteiger partial charge is 0.257 e. The molecule has 1 N–H and O–H groups in total. The molecule has 138 valence electrons. The molecule has 0 saturated carbocycles. The standard InChI is InChI=1S/C22H24N4O/c1-2-25-11-13-26(14-12-25)20-9-7-19(8-10-20)24-22(27)18-15-17-5-3-4-6-21(17)23-16-18/h3-10,15-16H,2,11-14H2,1H3,(H,24,27). The van der Waals surface area contributed by atoms with Gasteiger partial charge in [0.05, 0.1) is 11.1 Å². The Morgan fingerprint density at radius 2 is 1.78 bits per heavy atom. The predicted octanol–water partition coefficient (Wildman–Crippen LogP) is 3.63. The van der Waals surface area contributed by atoms with E-state index in [1.165, 1.54) is 5.69 Å². The van der Waals surface area contributed by atoms with Crippen molar-refractivity contribution in [3.8, 4) is 0 Å². The van der Waals surface area contributed by atoms with Crippen LogP contribution < -0.4 is 10.2 Å². The van der Waals surface area contributed by atoms with Crippen LogP contribution in [-0.4, -0.2) is 48.5 Å². The van der Waals surface area contributed by atoms with Crippen molar-refractivity contribution in [2.45, 2.75) is 6.92 Å². The molecule has 0 spiro atoms. The summed E-state index contributed by atoms with van der Waals surface area (Å²) in [6.45, 7) is 7.61. The van der Waals surface area contributed by atoms with Crippen LogP contribution in [0.3, 0.4) is 0 Å². The molecule has 4 rings (SSSR count). The van der Waals surface area contributed by atoms with Crippen LogP contribution in [0.25, 0.3) is 10.9 Å². The van der Waals surface area contributed by atoms with Crippen LogP contribution >= 0.6 is 0 Å². The number of anilines is 2. The molecule has 1 fully saturated rings. The molecule has 5 nitrogen and oxygen atoms in total. The summed E-state index contributed by atoms with van der Waals surface area (Å²) in [4.78, 5) is 21.8. The number of rotatable bonds is 4. The van der Waals surface area contributed by atoms with Gasteiger partial charge in [-0.2, -0.15) is 0 Å². The van der Waals surface area contributed by atoms with Crippen LogP contribution in [0.15, 0.2) is 60.8 Å². The van der Waals surface area contributed by atoms with Gasteiger partial charge in [0.2, 0.25) is 0 Å². The minimum atomic E-state index is -0.141. The zero-order chi connectivity index (χ0) is 18.6. The molecule has 1 aromatic heterocycles. The highest BCUT2D eigenvalue weighted by Gasteiger charge is 2.16. The van der Waals surface area contributed by atoms with E-state index < -0.39 is 0 Å². The maximum atomic E-state index is 12.5. The largest absolute Gasteiger partial charge is 0.369 e. The number of nitrogens with zero attached hydrogens (tertiary/aromatic N) is 3. The van der Waals surface area contributed by atoms with Gasteiger partial charge in [-0.3, -0.25) is 9.78 Å². The molecular formula is C22H24N4O. The van der Waals surface area contributed by atoms with Crippen LogP contribution in [0.5, 0.6) is 0 Å². The average molecular weight is 360 g/mol. The molecule has 0 aliphatic carbocycles. The lowest BCUT2D eigenvalue weighted by Crippen LogP contribution is -2.46. The molecule has 1 aliphatic heterocycles. The third kappa shape index (κ3) is 3.93. The highest BCUT2D eigenvalue weighted by Crippen LogP contribution is 2.20. The molecule has 1 aliphatic rings. The fourth-order valence-electron chi connectivity index (χ4n) is 3.48. The first-order valence-corrected chi connectivity index (χ1v) is 9.46. The Morgan fingerprint density at radius 1 is 1.04 bits per heavy atom. The predicted molar refractivity (Wildman–Crippen MR) is 110 cm³/mol. The molecule has 27 heavy (non-hydrogen) atoms. The molecule has 2 aromatic carbocycles. The Hall–Kier alpha value is -2.92. The van der Waals surface area contributed by atoms with E-state index in [0.717, 1.165) is 49.3 Å². The molecule has 5 heteroatoms. The first kappa shape index (κ1) is 17.5. The second-order valence-corrected chi connectivity index (χ2v) is 6.84. The van der Waals surface area contributed by atoms with E-state index in [2.05, 4.69) is 39.2 Å². The Balaban J connectivity index is 1.42. The minimum Gasteiger partial charge on any atom is -0.369 e. The topological polar surface area (TPSA) is 48.5 Å². The second-order valence-electron chi connectivity index (χ2n) is 6.84. The van der Waals surface area contributed by atoms with E-state index in [-0.39, 0.29) is 5.91 Å². The lowest BCUT2D eigenvalue weighted by atomic mass is 10.1. The van der Waals surface area contributed by atoms with Gasteiger partial charge in [0.15, 0.2) is 0 Å². The Bertz CT molecular complexity index is 930. The van der Waals surface area contributed by atoms with Gasteiger partial charge in [-0.05, 0) is 42.9 Å². The van der Waals surface area contributed by atoms with Crippen LogP contribution in [0.4, 0.5) is 11.4 Å². The SMILES string of the molecule is CCN1CCN(c2ccc(NC(=O)c3cnc4ccccc4c3)cc2)CC1. The van der Waals surface area contributed by atoms with Gasteiger partial charge in [0.25, 0.3) is 5.91 Å². The van der Waals surface area contributed by atoms with Crippen LogP contribution in [0, 0.1) is 0 Å². The number of likely N-dealkylation sites (N-methyl/N-ethyl adjacent to an activating group) is 1. The third-order valence-electron chi connectivity index (χ3n) is 5.16. The van der Waals surface area contributed by atoms with Gasteiger partial charge in [-0.15, -0.1) is 0 Å². The van der Waals surface area contributed by atoms with Crippen LogP contribution in [-0.2, 0) is 0 Å². The zero-order valence-electron chi connectivity index (χ0n) is 15.6. The fourth-order valence-corrected chi connectivity index (χ4v) is 3.48. The number of hydrogen-bond donors (Lipinski definition) is 1. The summed E-state index contributed by atoms with van der Waals surface area (Å²) in [5, 5.41) is 3.93. The van der Waals surface area contributed by atoms with E-state index in [4.69, 9.17) is 0 Å². The molecular weight excluding hydrogens is 336 g/mol. The van der Waals surface area contributed by atoms with E-state index in [1.807, 2.05) is 42.5 Å². The van der Waals surface area contributed by atoms with Crippen molar-refractivity contribution < 1.29 is 4.79 Å². The Kier molecular flexibility index (Phi) is 5.03. The van der Waals surface area contributed by atoms with Crippen molar-refractivity contribution in [2.24, 2.45) is 0 Å². The van der Waals surface area contributed by atoms with E-state index in [9.17, 15) is 4.79 Å². The summed E-state index contributed by atoms with van der Waals surface area (Å²) < 4.78 is 0. The van der Waals surface area contributed by atoms with E-state index in [1.54, 1.807) is 6.20 Å². The number of benzene rings is 2. The number of hydrogen-bond acceptors (Lipinski definition) is 4. The van der Waals surface area contributed by atoms with Crippen LogP contribution in [0.2, 0.25) is 0 Å². The van der Waals surface area contributed by atoms with Crippen molar-refractivity contribution in [1.29, 1.82) is 0 Å². The monoisotopic (exact) mass is 360 g/mol. The lowest BCUT2D eigenvalue weighted by Gasteiger charge is -2.35. The molecule has 2 heterocycles. The lowest BCUT2D eigenvalue weighted by molar-refractivity contribution is 0.102. The molecule has 0 atom stereocenters. The van der Waals surface area contributed by atoms with E-state index in [0.29, 0.717) is 5.56 Å². The Morgan fingerprint density at radius 3 is 2.52 bits per heavy atom. The maximum Gasteiger partial charge on any atom is 0.257 e. The van der Waals surface area contributed by atoms with Crippen LogP contribution in [0.1, 0.15) is 17.3 Å². The first-order chi connectivity index (χ1) is 13.2. The molecule has 0 radical (unpaired) electrons. The number of fused-ring (bicyclic) bond motifs is 1. The highest BCUT2D eigenvalue weighted by molar-refractivity contribution is 6.05. The van der Waals surface area contributed by atoms with Gasteiger partial charge < -0.3 is 15.1 Å². The van der Waals surface area contributed by atoms with Gasteiger partial charge in [-0.25, -0.2) is 0 Å².